The van der Waals surface area contributed by atoms with Gasteiger partial charge < -0.3 is 10.6 Å². The van der Waals surface area contributed by atoms with Crippen molar-refractivity contribution in [3.05, 3.63) is 0 Å². The molecule has 0 aromatic rings. The SMILES string of the molecule is C[C@H](CC#N)NC(=O)[C@H]1CCC[C@@H](C(=O)N[C@@H](C)CC#N)C1. The van der Waals surface area contributed by atoms with E-state index in [0.29, 0.717) is 6.42 Å². The largest absolute Gasteiger partial charge is 0.352 e. The summed E-state index contributed by atoms with van der Waals surface area (Å²) in [7, 11) is 0. The van der Waals surface area contributed by atoms with Gasteiger partial charge in [0.15, 0.2) is 0 Å². The van der Waals surface area contributed by atoms with E-state index in [0.717, 1.165) is 19.3 Å². The van der Waals surface area contributed by atoms with Crippen LogP contribution in [0.15, 0.2) is 0 Å². The van der Waals surface area contributed by atoms with Crippen LogP contribution in [0.25, 0.3) is 0 Å². The highest BCUT2D eigenvalue weighted by molar-refractivity contribution is 5.82. The van der Waals surface area contributed by atoms with Crippen molar-refractivity contribution in [1.82, 2.24) is 10.6 Å². The Hall–Kier alpha value is -2.08. The first-order valence-corrected chi connectivity index (χ1v) is 7.82. The van der Waals surface area contributed by atoms with Crippen LogP contribution in [0.1, 0.15) is 52.4 Å². The Morgan fingerprint density at radius 1 is 1.00 bits per heavy atom. The highest BCUT2D eigenvalue weighted by Gasteiger charge is 2.31. The first-order valence-electron chi connectivity index (χ1n) is 7.82. The monoisotopic (exact) mass is 304 g/mol. The Morgan fingerprint density at radius 2 is 1.41 bits per heavy atom. The average Bonchev–Trinajstić information content (AvgIpc) is 2.47. The summed E-state index contributed by atoms with van der Waals surface area (Å²) in [6, 6.07) is 3.73. The van der Waals surface area contributed by atoms with Gasteiger partial charge in [-0.1, -0.05) is 6.42 Å². The first-order chi connectivity index (χ1) is 10.5. The summed E-state index contributed by atoms with van der Waals surface area (Å²) in [6.45, 7) is 3.61. The molecule has 0 spiro atoms. The van der Waals surface area contributed by atoms with Gasteiger partial charge in [-0.3, -0.25) is 9.59 Å². The van der Waals surface area contributed by atoms with Gasteiger partial charge in [0.2, 0.25) is 11.8 Å². The van der Waals surface area contributed by atoms with Crippen molar-refractivity contribution in [2.24, 2.45) is 11.8 Å². The topological polar surface area (TPSA) is 106 Å². The molecule has 0 saturated heterocycles. The predicted octanol–water partition coefficient (Wildman–Crippen LogP) is 1.63. The molecule has 2 amide bonds. The number of nitrogens with one attached hydrogen (secondary N) is 2. The summed E-state index contributed by atoms with van der Waals surface area (Å²) in [5.74, 6) is -0.468. The summed E-state index contributed by atoms with van der Waals surface area (Å²) in [5, 5.41) is 22.9. The zero-order chi connectivity index (χ0) is 16.5. The summed E-state index contributed by atoms with van der Waals surface area (Å²) in [4.78, 5) is 24.4. The summed E-state index contributed by atoms with van der Waals surface area (Å²) in [6.07, 6.45) is 3.51. The first kappa shape index (κ1) is 18.0. The van der Waals surface area contributed by atoms with E-state index >= 15 is 0 Å². The zero-order valence-corrected chi connectivity index (χ0v) is 13.3. The molecule has 2 N–H and O–H groups in total. The van der Waals surface area contributed by atoms with E-state index in [2.05, 4.69) is 10.6 Å². The fourth-order valence-corrected chi connectivity index (χ4v) is 2.76. The second-order valence-electron chi connectivity index (χ2n) is 6.10. The van der Waals surface area contributed by atoms with Crippen LogP contribution < -0.4 is 10.6 Å². The number of carbonyl (C=O) groups is 2. The van der Waals surface area contributed by atoms with Crippen LogP contribution >= 0.6 is 0 Å². The zero-order valence-electron chi connectivity index (χ0n) is 13.3. The number of rotatable bonds is 6. The van der Waals surface area contributed by atoms with Crippen LogP contribution in [0.5, 0.6) is 0 Å². The van der Waals surface area contributed by atoms with Crippen LogP contribution in [0.2, 0.25) is 0 Å². The van der Waals surface area contributed by atoms with Gasteiger partial charge in [-0.2, -0.15) is 10.5 Å². The van der Waals surface area contributed by atoms with E-state index in [-0.39, 0.29) is 48.6 Å². The Kier molecular flexibility index (Phi) is 7.39. The fraction of sp³-hybridized carbons (Fsp3) is 0.750. The van der Waals surface area contributed by atoms with Crippen molar-refractivity contribution in [3.63, 3.8) is 0 Å². The number of carbonyl (C=O) groups excluding carboxylic acids is 2. The van der Waals surface area contributed by atoms with Gasteiger partial charge in [0.1, 0.15) is 0 Å². The molecule has 1 aliphatic carbocycles. The molecule has 6 heteroatoms. The number of hydrogen-bond acceptors (Lipinski definition) is 4. The third-order valence-corrected chi connectivity index (χ3v) is 3.99. The number of nitriles is 2. The number of amides is 2. The molecule has 1 rings (SSSR count). The third-order valence-electron chi connectivity index (χ3n) is 3.99. The Bertz CT molecular complexity index is 436. The molecule has 120 valence electrons. The number of hydrogen-bond donors (Lipinski definition) is 2. The van der Waals surface area contributed by atoms with Crippen LogP contribution in [0, 0.1) is 34.5 Å². The Balaban J connectivity index is 2.50. The molecular formula is C16H24N4O2. The van der Waals surface area contributed by atoms with Gasteiger partial charge in [0, 0.05) is 23.9 Å². The molecule has 0 bridgehead atoms. The number of nitrogens with zero attached hydrogens (tertiary/aromatic N) is 2. The summed E-state index contributed by atoms with van der Waals surface area (Å²) < 4.78 is 0. The molecular weight excluding hydrogens is 280 g/mol. The van der Waals surface area contributed by atoms with E-state index in [1.54, 1.807) is 13.8 Å². The predicted molar refractivity (Wildman–Crippen MR) is 81.1 cm³/mol. The third kappa shape index (κ3) is 5.73. The fourth-order valence-electron chi connectivity index (χ4n) is 2.76. The molecule has 1 fully saturated rings. The molecule has 6 nitrogen and oxygen atoms in total. The molecule has 4 atom stereocenters. The average molecular weight is 304 g/mol. The lowest BCUT2D eigenvalue weighted by atomic mass is 9.80. The minimum absolute atomic E-state index is 0.0645. The molecule has 0 aliphatic heterocycles. The lowest BCUT2D eigenvalue weighted by molar-refractivity contribution is -0.130. The minimum atomic E-state index is -0.170. The van der Waals surface area contributed by atoms with Crippen LogP contribution in [-0.2, 0) is 9.59 Å². The highest BCUT2D eigenvalue weighted by atomic mass is 16.2. The van der Waals surface area contributed by atoms with E-state index < -0.39 is 0 Å². The lowest BCUT2D eigenvalue weighted by Gasteiger charge is -2.29. The van der Waals surface area contributed by atoms with E-state index in [9.17, 15) is 9.59 Å². The van der Waals surface area contributed by atoms with Gasteiger partial charge in [0.05, 0.1) is 25.0 Å². The maximum absolute atomic E-state index is 12.2. The van der Waals surface area contributed by atoms with Crippen molar-refractivity contribution in [3.8, 4) is 12.1 Å². The van der Waals surface area contributed by atoms with Crippen LogP contribution in [-0.4, -0.2) is 23.9 Å². The molecule has 0 heterocycles. The molecule has 1 saturated carbocycles. The van der Waals surface area contributed by atoms with Gasteiger partial charge >= 0.3 is 0 Å². The second-order valence-corrected chi connectivity index (χ2v) is 6.10. The van der Waals surface area contributed by atoms with Crippen molar-refractivity contribution in [2.75, 3.05) is 0 Å². The molecule has 22 heavy (non-hydrogen) atoms. The van der Waals surface area contributed by atoms with Crippen molar-refractivity contribution >= 4 is 11.8 Å². The quantitative estimate of drug-likeness (QED) is 0.777. The Labute approximate surface area is 131 Å². The Morgan fingerprint density at radius 3 is 1.77 bits per heavy atom. The van der Waals surface area contributed by atoms with E-state index in [1.165, 1.54) is 0 Å². The maximum atomic E-state index is 12.2. The second kappa shape index (κ2) is 9.04. The van der Waals surface area contributed by atoms with Crippen LogP contribution in [0.3, 0.4) is 0 Å². The smallest absolute Gasteiger partial charge is 0.223 e. The summed E-state index contributed by atoms with van der Waals surface area (Å²) in [5.41, 5.74) is 0. The van der Waals surface area contributed by atoms with Crippen molar-refractivity contribution < 1.29 is 9.59 Å². The van der Waals surface area contributed by atoms with Gasteiger partial charge in [-0.05, 0) is 33.1 Å². The molecule has 0 unspecified atom stereocenters. The highest BCUT2D eigenvalue weighted by Crippen LogP contribution is 2.29. The molecule has 1 aliphatic rings. The molecule has 0 radical (unpaired) electrons. The summed E-state index contributed by atoms with van der Waals surface area (Å²) >= 11 is 0. The molecule has 0 aromatic heterocycles. The van der Waals surface area contributed by atoms with Crippen molar-refractivity contribution in [1.29, 1.82) is 10.5 Å². The van der Waals surface area contributed by atoms with Crippen molar-refractivity contribution in [2.45, 2.75) is 64.5 Å². The van der Waals surface area contributed by atoms with Gasteiger partial charge in [-0.15, -0.1) is 0 Å². The van der Waals surface area contributed by atoms with Gasteiger partial charge in [0.25, 0.3) is 0 Å². The normalized spacial score (nSPS) is 23.5. The standard InChI is InChI=1S/C16H24N4O2/c1-11(6-8-17)19-15(21)13-4-3-5-14(10-13)16(22)20-12(2)7-9-18/h11-14H,3-7,10H2,1-2H3,(H,19,21)(H,20,22)/t11-,12+,13+,14-. The molecule has 0 aromatic carbocycles. The van der Waals surface area contributed by atoms with Gasteiger partial charge in [-0.25, -0.2) is 0 Å². The van der Waals surface area contributed by atoms with E-state index in [4.69, 9.17) is 10.5 Å². The minimum Gasteiger partial charge on any atom is -0.352 e. The lowest BCUT2D eigenvalue weighted by Crippen LogP contribution is -2.43. The maximum Gasteiger partial charge on any atom is 0.223 e. The van der Waals surface area contributed by atoms with E-state index in [1.807, 2.05) is 12.1 Å². The van der Waals surface area contributed by atoms with Crippen LogP contribution in [0.4, 0.5) is 0 Å².